The Kier molecular flexibility index (Phi) is 7.54. The highest BCUT2D eigenvalue weighted by molar-refractivity contribution is 4.90. The summed E-state index contributed by atoms with van der Waals surface area (Å²) < 4.78 is 12.7. The zero-order chi connectivity index (χ0) is 18.5. The molecule has 25 heavy (non-hydrogen) atoms. The van der Waals surface area contributed by atoms with Crippen LogP contribution in [0.4, 0.5) is 0 Å². The molecule has 146 valence electrons. The van der Waals surface area contributed by atoms with Crippen LogP contribution in [0.5, 0.6) is 0 Å². The Hall–Kier alpha value is -0.380. The van der Waals surface area contributed by atoms with Crippen molar-refractivity contribution in [1.82, 2.24) is 4.90 Å². The van der Waals surface area contributed by atoms with Crippen molar-refractivity contribution < 1.29 is 9.47 Å². The van der Waals surface area contributed by atoms with Gasteiger partial charge in [-0.05, 0) is 50.9 Å². The second kappa shape index (κ2) is 9.01. The van der Waals surface area contributed by atoms with Gasteiger partial charge in [0.25, 0.3) is 0 Å². The normalized spacial score (nSPS) is 30.5. The first-order valence-corrected chi connectivity index (χ1v) is 10.5. The molecule has 1 aliphatic carbocycles. The molecule has 1 heterocycles. The number of ether oxygens (including phenoxy) is 2. The Labute approximate surface area is 156 Å². The molecule has 0 amide bonds. The van der Waals surface area contributed by atoms with Gasteiger partial charge in [0.05, 0.1) is 12.7 Å². The van der Waals surface area contributed by atoms with Crippen molar-refractivity contribution in [1.29, 1.82) is 0 Å². The molecule has 0 aromatic rings. The maximum Gasteiger partial charge on any atom is 0.168 e. The highest BCUT2D eigenvalue weighted by atomic mass is 16.7. The van der Waals surface area contributed by atoms with Gasteiger partial charge in [0.15, 0.2) is 5.79 Å². The lowest BCUT2D eigenvalue weighted by atomic mass is 9.68. The molecule has 0 radical (unpaired) electrons. The van der Waals surface area contributed by atoms with E-state index in [9.17, 15) is 0 Å². The Morgan fingerprint density at radius 3 is 2.52 bits per heavy atom. The molecular weight excluding hydrogens is 310 g/mol. The van der Waals surface area contributed by atoms with Gasteiger partial charge in [-0.1, -0.05) is 33.3 Å². The smallest absolute Gasteiger partial charge is 0.168 e. The van der Waals surface area contributed by atoms with Crippen molar-refractivity contribution in [3.8, 4) is 0 Å². The summed E-state index contributed by atoms with van der Waals surface area (Å²) in [6.45, 7) is 18.3. The van der Waals surface area contributed by atoms with Crippen LogP contribution in [-0.4, -0.2) is 42.5 Å². The van der Waals surface area contributed by atoms with Crippen LogP contribution in [-0.2, 0) is 9.47 Å². The molecule has 0 bridgehead atoms. The molecule has 2 rings (SSSR count). The molecular formula is C22H41NO2. The second-order valence-corrected chi connectivity index (χ2v) is 9.14. The van der Waals surface area contributed by atoms with Gasteiger partial charge in [0.2, 0.25) is 0 Å². The van der Waals surface area contributed by atoms with E-state index >= 15 is 0 Å². The minimum Gasteiger partial charge on any atom is -0.347 e. The third-order valence-corrected chi connectivity index (χ3v) is 6.49. The number of rotatable bonds is 9. The van der Waals surface area contributed by atoms with Gasteiger partial charge < -0.3 is 9.47 Å². The Balaban J connectivity index is 1.80. The zero-order valence-electron chi connectivity index (χ0n) is 17.4. The summed E-state index contributed by atoms with van der Waals surface area (Å²) in [6.07, 6.45) is 10.5. The maximum atomic E-state index is 6.44. The summed E-state index contributed by atoms with van der Waals surface area (Å²) in [5, 5.41) is 0. The topological polar surface area (TPSA) is 21.7 Å². The summed E-state index contributed by atoms with van der Waals surface area (Å²) in [4.78, 5) is 2.45. The van der Waals surface area contributed by atoms with Gasteiger partial charge in [-0.15, -0.1) is 6.58 Å². The first-order chi connectivity index (χ1) is 11.8. The number of nitrogens with zero attached hydrogens (tertiary/aromatic N) is 1. The van der Waals surface area contributed by atoms with E-state index in [1.807, 2.05) is 6.08 Å². The van der Waals surface area contributed by atoms with E-state index in [0.29, 0.717) is 11.5 Å². The van der Waals surface area contributed by atoms with Gasteiger partial charge in [0, 0.05) is 32.0 Å². The summed E-state index contributed by atoms with van der Waals surface area (Å²) in [5.74, 6) is 0.540. The van der Waals surface area contributed by atoms with Gasteiger partial charge in [0.1, 0.15) is 0 Å². The largest absolute Gasteiger partial charge is 0.347 e. The van der Waals surface area contributed by atoms with Crippen molar-refractivity contribution in [2.75, 3.05) is 19.7 Å². The second-order valence-electron chi connectivity index (χ2n) is 9.14. The predicted molar refractivity (Wildman–Crippen MR) is 106 cm³/mol. The standard InChI is InChI=1S/C22H41NO2/c1-7-12-21(5,6)19-9-13-22(14-10-19)24-17-20(25-22)11-16-23(15-8-2)18(3)4/h8,18-20H,2,7,9-17H2,1,3-6H3. The Bertz CT molecular complexity index is 410. The van der Waals surface area contributed by atoms with Crippen LogP contribution >= 0.6 is 0 Å². The number of hydrogen-bond donors (Lipinski definition) is 0. The van der Waals surface area contributed by atoms with E-state index in [1.54, 1.807) is 0 Å². The van der Waals surface area contributed by atoms with Crippen molar-refractivity contribution in [3.63, 3.8) is 0 Å². The lowest BCUT2D eigenvalue weighted by Gasteiger charge is -2.42. The summed E-state index contributed by atoms with van der Waals surface area (Å²) in [7, 11) is 0. The molecule has 3 heteroatoms. The van der Waals surface area contributed by atoms with Crippen LogP contribution in [0.15, 0.2) is 12.7 Å². The summed E-state index contributed by atoms with van der Waals surface area (Å²) >= 11 is 0. The molecule has 0 N–H and O–H groups in total. The quantitative estimate of drug-likeness (QED) is 0.519. The first-order valence-electron chi connectivity index (χ1n) is 10.5. The molecule has 2 fully saturated rings. The molecule has 0 aromatic carbocycles. The fourth-order valence-electron chi connectivity index (χ4n) is 4.74. The van der Waals surface area contributed by atoms with Crippen molar-refractivity contribution in [2.45, 2.75) is 97.5 Å². The third kappa shape index (κ3) is 5.55. The van der Waals surface area contributed by atoms with Crippen LogP contribution < -0.4 is 0 Å². The zero-order valence-corrected chi connectivity index (χ0v) is 17.4. The first kappa shape index (κ1) is 20.9. The summed E-state index contributed by atoms with van der Waals surface area (Å²) in [6, 6.07) is 0.547. The van der Waals surface area contributed by atoms with E-state index in [-0.39, 0.29) is 11.9 Å². The SMILES string of the molecule is C=CCN(CCC1COC2(CCC(C(C)(C)CCC)CC2)O1)C(C)C. The molecule has 1 saturated carbocycles. The lowest BCUT2D eigenvalue weighted by Crippen LogP contribution is -2.40. The molecule has 1 spiro atoms. The minimum absolute atomic E-state index is 0.256. The van der Waals surface area contributed by atoms with E-state index < -0.39 is 0 Å². The van der Waals surface area contributed by atoms with Crippen LogP contribution in [0.2, 0.25) is 0 Å². The van der Waals surface area contributed by atoms with Crippen LogP contribution in [0, 0.1) is 11.3 Å². The Morgan fingerprint density at radius 2 is 1.96 bits per heavy atom. The monoisotopic (exact) mass is 351 g/mol. The molecule has 1 saturated heterocycles. The van der Waals surface area contributed by atoms with Gasteiger partial charge >= 0.3 is 0 Å². The van der Waals surface area contributed by atoms with Crippen LogP contribution in [0.25, 0.3) is 0 Å². The Morgan fingerprint density at radius 1 is 1.28 bits per heavy atom. The fourth-order valence-corrected chi connectivity index (χ4v) is 4.74. The minimum atomic E-state index is -0.273. The van der Waals surface area contributed by atoms with E-state index in [4.69, 9.17) is 9.47 Å². The van der Waals surface area contributed by atoms with E-state index in [1.165, 1.54) is 25.7 Å². The molecule has 3 nitrogen and oxygen atoms in total. The average molecular weight is 352 g/mol. The summed E-state index contributed by atoms with van der Waals surface area (Å²) in [5.41, 5.74) is 0.455. The predicted octanol–water partition coefficient (Wildman–Crippen LogP) is 5.40. The van der Waals surface area contributed by atoms with E-state index in [2.05, 4.69) is 46.1 Å². The van der Waals surface area contributed by atoms with Crippen LogP contribution in [0.3, 0.4) is 0 Å². The maximum absolute atomic E-state index is 6.44. The van der Waals surface area contributed by atoms with Gasteiger partial charge in [-0.3, -0.25) is 4.90 Å². The van der Waals surface area contributed by atoms with E-state index in [0.717, 1.165) is 44.9 Å². The van der Waals surface area contributed by atoms with Crippen LogP contribution in [0.1, 0.15) is 79.6 Å². The molecule has 2 aliphatic rings. The highest BCUT2D eigenvalue weighted by Gasteiger charge is 2.46. The molecule has 1 atom stereocenters. The molecule has 1 unspecified atom stereocenters. The average Bonchev–Trinajstić information content (AvgIpc) is 2.94. The van der Waals surface area contributed by atoms with Gasteiger partial charge in [-0.2, -0.15) is 0 Å². The third-order valence-electron chi connectivity index (χ3n) is 6.49. The van der Waals surface area contributed by atoms with Gasteiger partial charge in [-0.25, -0.2) is 0 Å². The molecule has 1 aliphatic heterocycles. The van der Waals surface area contributed by atoms with Crippen molar-refractivity contribution in [3.05, 3.63) is 12.7 Å². The highest BCUT2D eigenvalue weighted by Crippen LogP contribution is 2.47. The molecule has 0 aromatic heterocycles. The van der Waals surface area contributed by atoms with Crippen molar-refractivity contribution in [2.24, 2.45) is 11.3 Å². The van der Waals surface area contributed by atoms with Crippen molar-refractivity contribution >= 4 is 0 Å². The fraction of sp³-hybridized carbons (Fsp3) is 0.909. The lowest BCUT2D eigenvalue weighted by molar-refractivity contribution is -0.197. The number of hydrogen-bond acceptors (Lipinski definition) is 3.